The van der Waals surface area contributed by atoms with Gasteiger partial charge in [-0.15, -0.1) is 0 Å². The van der Waals surface area contributed by atoms with E-state index in [1.165, 1.54) is 0 Å². The predicted molar refractivity (Wildman–Crippen MR) is 121 cm³/mol. The van der Waals surface area contributed by atoms with Gasteiger partial charge in [0.1, 0.15) is 0 Å². The van der Waals surface area contributed by atoms with Crippen molar-refractivity contribution in [1.29, 1.82) is 0 Å². The smallest absolute Gasteiger partial charge is 0.251 e. The molecule has 3 aromatic carbocycles. The molecule has 0 saturated carbocycles. The van der Waals surface area contributed by atoms with Crippen LogP contribution in [0.5, 0.6) is 0 Å². The number of nitrogens with one attached hydrogen (secondary N) is 1. The second-order valence-electron chi connectivity index (χ2n) is 7.00. The van der Waals surface area contributed by atoms with Crippen LogP contribution in [0.15, 0.2) is 75.4 Å². The number of hydrogen-bond donors (Lipinski definition) is 1. The molecule has 0 atom stereocenters. The van der Waals surface area contributed by atoms with Crippen LogP contribution in [0.25, 0.3) is 0 Å². The lowest BCUT2D eigenvalue weighted by atomic mass is 10.0. The van der Waals surface area contributed by atoms with Crippen molar-refractivity contribution >= 4 is 52.3 Å². The molecule has 1 amide bonds. The highest BCUT2D eigenvalue weighted by Gasteiger charge is 2.20. The maximum atomic E-state index is 12.5. The van der Waals surface area contributed by atoms with Crippen molar-refractivity contribution in [1.82, 2.24) is 5.32 Å². The molecule has 1 heterocycles. The van der Waals surface area contributed by atoms with Crippen LogP contribution in [-0.2, 0) is 0 Å². The number of halogens is 2. The highest BCUT2D eigenvalue weighted by Crippen LogP contribution is 2.42. The van der Waals surface area contributed by atoms with Crippen molar-refractivity contribution in [2.24, 2.45) is 4.99 Å². The van der Waals surface area contributed by atoms with Crippen LogP contribution >= 0.6 is 35.0 Å². The topological polar surface area (TPSA) is 41.5 Å². The van der Waals surface area contributed by atoms with Gasteiger partial charge in [-0.25, -0.2) is 4.99 Å². The van der Waals surface area contributed by atoms with E-state index in [0.717, 1.165) is 32.3 Å². The molecule has 146 valence electrons. The zero-order chi connectivity index (χ0) is 20.5. The number of aliphatic imine (C=N–C) groups is 1. The van der Waals surface area contributed by atoms with Crippen molar-refractivity contribution < 1.29 is 4.79 Å². The average Bonchev–Trinajstić information content (AvgIpc) is 2.85. The van der Waals surface area contributed by atoms with E-state index in [1.54, 1.807) is 17.8 Å². The highest BCUT2D eigenvalue weighted by molar-refractivity contribution is 7.99. The Bertz CT molecular complexity index is 1140. The molecule has 0 spiro atoms. The molecule has 0 aromatic heterocycles. The number of hydrogen-bond acceptors (Lipinski definition) is 3. The molecule has 1 N–H and O–H groups in total. The van der Waals surface area contributed by atoms with Crippen LogP contribution in [0.1, 0.15) is 35.3 Å². The van der Waals surface area contributed by atoms with Gasteiger partial charge in [0.05, 0.1) is 21.4 Å². The number of rotatable bonds is 3. The lowest BCUT2D eigenvalue weighted by Gasteiger charge is -2.10. The third-order valence-electron chi connectivity index (χ3n) is 4.43. The first-order valence-corrected chi connectivity index (χ1v) is 10.8. The molecule has 3 nitrogen and oxygen atoms in total. The van der Waals surface area contributed by atoms with Gasteiger partial charge in [0.25, 0.3) is 5.91 Å². The number of carbonyl (C=O) groups excluding carboxylic acids is 1. The van der Waals surface area contributed by atoms with Gasteiger partial charge in [0.2, 0.25) is 0 Å². The minimum atomic E-state index is -0.110. The van der Waals surface area contributed by atoms with E-state index in [1.807, 2.05) is 62.4 Å². The summed E-state index contributed by atoms with van der Waals surface area (Å²) in [5.74, 6) is -0.110. The van der Waals surface area contributed by atoms with Crippen molar-refractivity contribution in [2.45, 2.75) is 29.7 Å². The lowest BCUT2D eigenvalue weighted by Crippen LogP contribution is -2.29. The SMILES string of the molecule is CC(C)NC(=O)c1ccc2c(c1)N=C(c1ccc(Cl)c(Cl)c1)c1ccccc1S2. The van der Waals surface area contributed by atoms with Crippen LogP contribution < -0.4 is 5.32 Å². The van der Waals surface area contributed by atoms with E-state index in [4.69, 9.17) is 28.2 Å². The fourth-order valence-corrected chi connectivity index (χ4v) is 4.39. The van der Waals surface area contributed by atoms with E-state index in [2.05, 4.69) is 11.4 Å². The van der Waals surface area contributed by atoms with E-state index in [0.29, 0.717) is 15.6 Å². The van der Waals surface area contributed by atoms with Crippen molar-refractivity contribution in [3.05, 3.63) is 87.4 Å². The molecule has 0 radical (unpaired) electrons. The average molecular weight is 441 g/mol. The molecule has 0 aliphatic carbocycles. The summed E-state index contributed by atoms with van der Waals surface area (Å²) in [5.41, 5.74) is 4.02. The molecule has 0 saturated heterocycles. The summed E-state index contributed by atoms with van der Waals surface area (Å²) in [6.45, 7) is 3.88. The van der Waals surface area contributed by atoms with Gasteiger partial charge in [-0.2, -0.15) is 0 Å². The Morgan fingerprint density at radius 1 is 0.966 bits per heavy atom. The van der Waals surface area contributed by atoms with Crippen LogP contribution in [-0.4, -0.2) is 17.7 Å². The number of amides is 1. The van der Waals surface area contributed by atoms with Gasteiger partial charge < -0.3 is 5.32 Å². The predicted octanol–water partition coefficient (Wildman–Crippen LogP) is 6.77. The maximum absolute atomic E-state index is 12.5. The van der Waals surface area contributed by atoms with Gasteiger partial charge in [0, 0.05) is 32.5 Å². The molecular formula is C23H18Cl2N2OS. The zero-order valence-electron chi connectivity index (χ0n) is 15.9. The van der Waals surface area contributed by atoms with Gasteiger partial charge in [-0.3, -0.25) is 4.79 Å². The van der Waals surface area contributed by atoms with Crippen LogP contribution in [0.4, 0.5) is 5.69 Å². The van der Waals surface area contributed by atoms with E-state index < -0.39 is 0 Å². The molecule has 0 bridgehead atoms. The maximum Gasteiger partial charge on any atom is 0.251 e. The van der Waals surface area contributed by atoms with Crippen LogP contribution in [0.2, 0.25) is 10.0 Å². The Hall–Kier alpha value is -2.27. The molecule has 1 aliphatic rings. The Balaban J connectivity index is 1.88. The van der Waals surface area contributed by atoms with Crippen LogP contribution in [0, 0.1) is 0 Å². The molecule has 6 heteroatoms. The molecule has 0 fully saturated rings. The molecule has 29 heavy (non-hydrogen) atoms. The summed E-state index contributed by atoms with van der Waals surface area (Å²) in [4.78, 5) is 19.5. The number of carbonyl (C=O) groups is 1. The summed E-state index contributed by atoms with van der Waals surface area (Å²) in [7, 11) is 0. The summed E-state index contributed by atoms with van der Waals surface area (Å²) in [6, 6.07) is 19.3. The Labute approximate surface area is 184 Å². The minimum Gasteiger partial charge on any atom is -0.350 e. The van der Waals surface area contributed by atoms with Gasteiger partial charge >= 0.3 is 0 Å². The van der Waals surface area contributed by atoms with E-state index in [9.17, 15) is 4.79 Å². The van der Waals surface area contributed by atoms with E-state index >= 15 is 0 Å². The Kier molecular flexibility index (Phi) is 5.68. The van der Waals surface area contributed by atoms with Crippen LogP contribution in [0.3, 0.4) is 0 Å². The highest BCUT2D eigenvalue weighted by atomic mass is 35.5. The normalized spacial score (nSPS) is 12.7. The molecule has 0 unspecified atom stereocenters. The standard InChI is InChI=1S/C23H18Cl2N2OS/c1-13(2)26-23(28)15-8-10-21-19(12-15)27-22(14-7-9-17(24)18(25)11-14)16-5-3-4-6-20(16)29-21/h3-13H,1-2H3,(H,26,28). The first-order valence-electron chi connectivity index (χ1n) is 9.18. The third kappa shape index (κ3) is 4.20. The van der Waals surface area contributed by atoms with Crippen molar-refractivity contribution in [3.63, 3.8) is 0 Å². The molecule has 3 aromatic rings. The third-order valence-corrected chi connectivity index (χ3v) is 6.31. The van der Waals surface area contributed by atoms with Gasteiger partial charge in [0.15, 0.2) is 0 Å². The van der Waals surface area contributed by atoms with E-state index in [-0.39, 0.29) is 11.9 Å². The number of nitrogens with zero attached hydrogens (tertiary/aromatic N) is 1. The quantitative estimate of drug-likeness (QED) is 0.381. The largest absolute Gasteiger partial charge is 0.350 e. The summed E-state index contributed by atoms with van der Waals surface area (Å²) in [5, 5.41) is 3.91. The summed E-state index contributed by atoms with van der Waals surface area (Å²) < 4.78 is 0. The second-order valence-corrected chi connectivity index (χ2v) is 8.90. The van der Waals surface area contributed by atoms with Crippen molar-refractivity contribution in [2.75, 3.05) is 0 Å². The molecule has 1 aliphatic heterocycles. The summed E-state index contributed by atoms with van der Waals surface area (Å²) >= 11 is 14.0. The second kappa shape index (κ2) is 8.23. The number of fused-ring (bicyclic) bond motifs is 2. The lowest BCUT2D eigenvalue weighted by molar-refractivity contribution is 0.0943. The molecule has 4 rings (SSSR count). The monoisotopic (exact) mass is 440 g/mol. The Morgan fingerprint density at radius 2 is 1.76 bits per heavy atom. The first-order chi connectivity index (χ1) is 13.9. The minimum absolute atomic E-state index is 0.0650. The fraction of sp³-hybridized carbons (Fsp3) is 0.130. The summed E-state index contributed by atoms with van der Waals surface area (Å²) in [6.07, 6.45) is 0. The zero-order valence-corrected chi connectivity index (χ0v) is 18.2. The van der Waals surface area contributed by atoms with Gasteiger partial charge in [-0.05, 0) is 50.2 Å². The fourth-order valence-electron chi connectivity index (χ4n) is 3.09. The first kappa shape index (κ1) is 20.0. The number of benzene rings is 3. The Morgan fingerprint density at radius 3 is 2.52 bits per heavy atom. The van der Waals surface area contributed by atoms with Crippen molar-refractivity contribution in [3.8, 4) is 0 Å². The molecular weight excluding hydrogens is 423 g/mol. The van der Waals surface area contributed by atoms with Gasteiger partial charge in [-0.1, -0.05) is 59.2 Å².